The number of aromatic amines is 1. The molecule has 7 heterocycles. The number of anilines is 2. The van der Waals surface area contributed by atoms with Crippen LogP contribution in [0.3, 0.4) is 0 Å². The van der Waals surface area contributed by atoms with Crippen molar-refractivity contribution in [1.29, 1.82) is 0 Å². The van der Waals surface area contributed by atoms with Gasteiger partial charge in [-0.15, -0.1) is 0 Å². The van der Waals surface area contributed by atoms with E-state index in [1.165, 1.54) is 12.0 Å². The number of rotatable bonds is 5. The highest BCUT2D eigenvalue weighted by Crippen LogP contribution is 2.40. The highest BCUT2D eigenvalue weighted by molar-refractivity contribution is 6.04. The van der Waals surface area contributed by atoms with Crippen LogP contribution in [0.2, 0.25) is 0 Å². The Morgan fingerprint density at radius 2 is 1.79 bits per heavy atom. The monoisotopic (exact) mass is 506 g/mol. The normalized spacial score (nSPS) is 24.3. The number of nitrogens with two attached hydrogens (primary N) is 1. The van der Waals surface area contributed by atoms with Crippen LogP contribution in [-0.2, 0) is 12.2 Å². The number of fused-ring (bicyclic) bond motifs is 3. The van der Waals surface area contributed by atoms with E-state index < -0.39 is 5.66 Å². The lowest BCUT2D eigenvalue weighted by Gasteiger charge is -2.56. The molecule has 10 heteroatoms. The van der Waals surface area contributed by atoms with Crippen molar-refractivity contribution in [2.75, 3.05) is 23.3 Å². The van der Waals surface area contributed by atoms with Gasteiger partial charge in [-0.1, -0.05) is 12.1 Å². The van der Waals surface area contributed by atoms with Crippen LogP contribution < -0.4 is 16.0 Å². The molecule has 3 aromatic heterocycles. The molecule has 8 rings (SSSR count). The van der Waals surface area contributed by atoms with Crippen LogP contribution in [0.25, 0.3) is 0 Å². The van der Waals surface area contributed by atoms with Gasteiger partial charge in [0.15, 0.2) is 0 Å². The molecule has 38 heavy (non-hydrogen) atoms. The average Bonchev–Trinajstić information content (AvgIpc) is 3.39. The number of nitrogens with one attached hydrogen (secondary N) is 2. The molecule has 0 spiro atoms. The van der Waals surface area contributed by atoms with E-state index in [4.69, 9.17) is 15.7 Å². The van der Waals surface area contributed by atoms with Crippen molar-refractivity contribution in [3.63, 3.8) is 0 Å². The molecule has 3 atom stereocenters. The van der Waals surface area contributed by atoms with E-state index in [0.717, 1.165) is 59.5 Å². The molecule has 10 nitrogen and oxygen atoms in total. The van der Waals surface area contributed by atoms with Gasteiger partial charge in [-0.05, 0) is 50.6 Å². The van der Waals surface area contributed by atoms with Gasteiger partial charge in [-0.3, -0.25) is 10.00 Å². The molecule has 0 aliphatic carbocycles. The first-order valence-corrected chi connectivity index (χ1v) is 13.0. The Balaban J connectivity index is 1.14. The van der Waals surface area contributed by atoms with E-state index in [1.807, 2.05) is 62.8 Å². The summed E-state index contributed by atoms with van der Waals surface area (Å²) >= 11 is 0. The third-order valence-corrected chi connectivity index (χ3v) is 7.92. The number of aliphatic imine (C=N–C) groups is 1. The Morgan fingerprint density at radius 3 is 2.50 bits per heavy atom. The molecule has 4 N–H and O–H groups in total. The topological polar surface area (TPSA) is 124 Å². The second-order valence-electron chi connectivity index (χ2n) is 10.5. The standard InChI is InChI=1S/C28H30N10/c1-17-9-25(36-35-17)28(33-24-6-4-3-5-23(24)27(29)34-28)20-7-8-26(32-13-20)37-15-21-10-22(16-37)38(21)14-19-11-30-18(2)31-12-19/h3-9,11-13,21-22,33H,10,14-16H2,1-2H3,(H2,29,34)(H,35,36). The van der Waals surface area contributed by atoms with E-state index in [2.05, 4.69) is 47.4 Å². The van der Waals surface area contributed by atoms with E-state index in [-0.39, 0.29) is 0 Å². The highest BCUT2D eigenvalue weighted by atomic mass is 15.4. The maximum atomic E-state index is 6.48. The first kappa shape index (κ1) is 22.9. The second kappa shape index (κ2) is 8.63. The van der Waals surface area contributed by atoms with Gasteiger partial charge in [0.05, 0.1) is 0 Å². The summed E-state index contributed by atoms with van der Waals surface area (Å²) in [5, 5.41) is 11.2. The van der Waals surface area contributed by atoms with Gasteiger partial charge in [-0.25, -0.2) is 19.9 Å². The predicted octanol–water partition coefficient (Wildman–Crippen LogP) is 2.71. The Hall–Kier alpha value is -4.31. The molecule has 2 bridgehead atoms. The fourth-order valence-corrected chi connectivity index (χ4v) is 5.92. The van der Waals surface area contributed by atoms with E-state index in [1.54, 1.807) is 0 Å². The van der Waals surface area contributed by atoms with Crippen molar-refractivity contribution in [1.82, 2.24) is 30.0 Å². The SMILES string of the molecule is Cc1ncc(CN2C3CC2CN(c2ccc(C4(c5cc(C)[nH]n5)N=C(N)c5ccccc5N4)cn2)C3)cn1. The van der Waals surface area contributed by atoms with E-state index in [9.17, 15) is 0 Å². The summed E-state index contributed by atoms with van der Waals surface area (Å²) in [6.07, 6.45) is 7.01. The third kappa shape index (κ3) is 3.71. The van der Waals surface area contributed by atoms with Crippen LogP contribution >= 0.6 is 0 Å². The first-order valence-electron chi connectivity index (χ1n) is 13.0. The number of hydrogen-bond acceptors (Lipinski definition) is 9. The number of aromatic nitrogens is 5. The summed E-state index contributed by atoms with van der Waals surface area (Å²) in [5.41, 5.74) is 11.1. The molecule has 4 aromatic rings. The van der Waals surface area contributed by atoms with Crippen LogP contribution in [-0.4, -0.2) is 61.1 Å². The minimum Gasteiger partial charge on any atom is -0.383 e. The van der Waals surface area contributed by atoms with Crippen LogP contribution in [0.4, 0.5) is 11.5 Å². The largest absolute Gasteiger partial charge is 0.383 e. The van der Waals surface area contributed by atoms with Gasteiger partial charge in [0.25, 0.3) is 0 Å². The fraction of sp³-hybridized carbons (Fsp3) is 0.321. The number of amidine groups is 1. The summed E-state index contributed by atoms with van der Waals surface area (Å²) in [5.74, 6) is 2.26. The predicted molar refractivity (Wildman–Crippen MR) is 146 cm³/mol. The van der Waals surface area contributed by atoms with Crippen molar-refractivity contribution < 1.29 is 0 Å². The zero-order valence-electron chi connectivity index (χ0n) is 21.5. The number of benzene rings is 1. The van der Waals surface area contributed by atoms with E-state index in [0.29, 0.717) is 17.9 Å². The van der Waals surface area contributed by atoms with Crippen LogP contribution in [0, 0.1) is 13.8 Å². The van der Waals surface area contributed by atoms with Gasteiger partial charge in [-0.2, -0.15) is 5.10 Å². The van der Waals surface area contributed by atoms with Crippen molar-refractivity contribution >= 4 is 17.3 Å². The summed E-state index contributed by atoms with van der Waals surface area (Å²) < 4.78 is 0. The van der Waals surface area contributed by atoms with Crippen molar-refractivity contribution in [3.8, 4) is 0 Å². The summed E-state index contributed by atoms with van der Waals surface area (Å²) in [7, 11) is 0. The van der Waals surface area contributed by atoms with E-state index >= 15 is 0 Å². The maximum absolute atomic E-state index is 6.48. The molecule has 0 radical (unpaired) electrons. The van der Waals surface area contributed by atoms with Crippen LogP contribution in [0.5, 0.6) is 0 Å². The number of hydrogen-bond donors (Lipinski definition) is 3. The van der Waals surface area contributed by atoms with Crippen molar-refractivity contribution in [2.45, 2.75) is 44.6 Å². The van der Waals surface area contributed by atoms with Crippen molar-refractivity contribution in [3.05, 3.63) is 95.0 Å². The number of H-pyrrole nitrogens is 1. The Bertz CT molecular complexity index is 1500. The lowest BCUT2D eigenvalue weighted by Crippen LogP contribution is -2.68. The van der Waals surface area contributed by atoms with Gasteiger partial charge in [0.1, 0.15) is 23.2 Å². The Morgan fingerprint density at radius 1 is 1.00 bits per heavy atom. The molecule has 4 aliphatic rings. The van der Waals surface area contributed by atoms with Crippen LogP contribution in [0.15, 0.2) is 66.0 Å². The van der Waals surface area contributed by atoms with Gasteiger partial charge in [0.2, 0.25) is 5.66 Å². The van der Waals surface area contributed by atoms with Crippen molar-refractivity contribution in [2.24, 2.45) is 10.7 Å². The smallest absolute Gasteiger partial charge is 0.204 e. The van der Waals surface area contributed by atoms with Gasteiger partial charge >= 0.3 is 0 Å². The quantitative estimate of drug-likeness (QED) is 0.377. The Labute approximate surface area is 221 Å². The number of piperazine rings is 1. The lowest BCUT2D eigenvalue weighted by molar-refractivity contribution is -0.00884. The second-order valence-corrected chi connectivity index (χ2v) is 10.5. The number of aryl methyl sites for hydroxylation is 2. The number of nitrogens with zero attached hydrogens (tertiary/aromatic N) is 7. The molecule has 1 aromatic carbocycles. The molecule has 3 fully saturated rings. The fourth-order valence-electron chi connectivity index (χ4n) is 5.92. The number of pyridine rings is 1. The third-order valence-electron chi connectivity index (χ3n) is 7.92. The first-order chi connectivity index (χ1) is 18.5. The molecule has 4 aliphatic heterocycles. The molecule has 0 saturated carbocycles. The lowest BCUT2D eigenvalue weighted by atomic mass is 9.87. The molecule has 3 unspecified atom stereocenters. The molecule has 192 valence electrons. The van der Waals surface area contributed by atoms with Crippen LogP contribution in [0.1, 0.15) is 40.3 Å². The number of para-hydroxylation sites is 1. The Kier molecular flexibility index (Phi) is 5.19. The summed E-state index contributed by atoms with van der Waals surface area (Å²) in [6, 6.07) is 15.1. The summed E-state index contributed by atoms with van der Waals surface area (Å²) in [6.45, 7) is 6.70. The average molecular weight is 507 g/mol. The minimum atomic E-state index is -0.967. The van der Waals surface area contributed by atoms with Gasteiger partial charge in [0, 0.05) is 78.4 Å². The maximum Gasteiger partial charge on any atom is 0.204 e. The molecular weight excluding hydrogens is 476 g/mol. The number of piperidine rings is 1. The molecular formula is C28H30N10. The summed E-state index contributed by atoms with van der Waals surface area (Å²) in [4.78, 5) is 23.5. The molecule has 0 amide bonds. The minimum absolute atomic E-state index is 0.472. The molecule has 3 saturated heterocycles. The van der Waals surface area contributed by atoms with Gasteiger partial charge < -0.3 is 16.0 Å². The zero-order valence-corrected chi connectivity index (χ0v) is 21.5. The highest BCUT2D eigenvalue weighted by Gasteiger charge is 2.45. The zero-order chi connectivity index (χ0) is 25.9.